The summed E-state index contributed by atoms with van der Waals surface area (Å²) in [5.74, 6) is 0. The van der Waals surface area contributed by atoms with Gasteiger partial charge in [-0.15, -0.1) is 0 Å². The Morgan fingerprint density at radius 2 is 2.00 bits per heavy atom. The monoisotopic (exact) mass is 202 g/mol. The van der Waals surface area contributed by atoms with Crippen LogP contribution in [-0.2, 0) is 24.1 Å². The van der Waals surface area contributed by atoms with E-state index >= 15 is 0 Å². The molecule has 0 spiro atoms. The molecule has 0 N–H and O–H groups in total. The van der Waals surface area contributed by atoms with Crippen LogP contribution in [0.25, 0.3) is 0 Å². The Balaban J connectivity index is 3.30. The van der Waals surface area contributed by atoms with Crippen LogP contribution in [0, 0.1) is 6.92 Å². The van der Waals surface area contributed by atoms with E-state index in [-0.39, 0.29) is 0 Å². The lowest BCUT2D eigenvalue weighted by Gasteiger charge is -2.06. The molecule has 1 rings (SSSR count). The first kappa shape index (κ1) is 9.64. The molecule has 1 unspecified atom stereocenters. The van der Waals surface area contributed by atoms with Crippen LogP contribution >= 0.6 is 0 Å². The summed E-state index contributed by atoms with van der Waals surface area (Å²) in [5, 5.41) is 0. The fraction of sp³-hybridized carbons (Fsp3) is 0.250. The van der Waals surface area contributed by atoms with Gasteiger partial charge >= 0.3 is 0 Å². The zero-order chi connectivity index (χ0) is 9.19. The van der Waals surface area contributed by atoms with Gasteiger partial charge in [-0.2, -0.15) is 0 Å². The number of benzene rings is 1. The van der Waals surface area contributed by atoms with Gasteiger partial charge in [0.25, 0.3) is 0 Å². The van der Waals surface area contributed by atoms with Crippen molar-refractivity contribution < 1.29 is 8.39 Å². The molecule has 66 valence electrons. The van der Waals surface area contributed by atoms with Crippen LogP contribution in [0.3, 0.4) is 0 Å². The van der Waals surface area contributed by atoms with Gasteiger partial charge in [0.1, 0.15) is 0 Å². The molecule has 1 atom stereocenters. The highest BCUT2D eigenvalue weighted by atomic mass is 32.8. The molecule has 0 aromatic heterocycles. The lowest BCUT2D eigenvalue weighted by Crippen LogP contribution is -2.02. The molecule has 0 heterocycles. The summed E-state index contributed by atoms with van der Waals surface area (Å²) >= 11 is 4.80. The molecule has 0 bridgehead atoms. The van der Waals surface area contributed by atoms with Gasteiger partial charge in [0.15, 0.2) is 8.77 Å². The Bertz CT molecular complexity index is 368. The first-order chi connectivity index (χ1) is 5.58. The second-order valence-corrected chi connectivity index (χ2v) is 5.38. The van der Waals surface area contributed by atoms with Crippen molar-refractivity contribution >= 4 is 20.0 Å². The summed E-state index contributed by atoms with van der Waals surface area (Å²) in [5.41, 5.74) is 0.902. The molecule has 0 amide bonds. The van der Waals surface area contributed by atoms with E-state index in [1.165, 1.54) is 7.11 Å². The van der Waals surface area contributed by atoms with Crippen LogP contribution in [0.1, 0.15) is 5.56 Å². The van der Waals surface area contributed by atoms with Gasteiger partial charge in [-0.3, -0.25) is 4.18 Å². The fourth-order valence-electron chi connectivity index (χ4n) is 0.927. The van der Waals surface area contributed by atoms with E-state index < -0.39 is 8.77 Å². The average molecular weight is 202 g/mol. The van der Waals surface area contributed by atoms with Crippen molar-refractivity contribution in [3.63, 3.8) is 0 Å². The maximum absolute atomic E-state index is 11.6. The lowest BCUT2D eigenvalue weighted by atomic mass is 10.2. The quantitative estimate of drug-likeness (QED) is 0.729. The maximum atomic E-state index is 11.6. The summed E-state index contributed by atoms with van der Waals surface area (Å²) < 4.78 is 16.3. The number of aryl methyl sites for hydroxylation is 1. The van der Waals surface area contributed by atoms with Crippen molar-refractivity contribution in [2.45, 2.75) is 11.8 Å². The van der Waals surface area contributed by atoms with Crippen LogP contribution in [0.15, 0.2) is 29.2 Å². The molecule has 0 fully saturated rings. The summed E-state index contributed by atoms with van der Waals surface area (Å²) in [4.78, 5) is 0.600. The van der Waals surface area contributed by atoms with E-state index in [2.05, 4.69) is 0 Å². The standard InChI is InChI=1S/C8H10O2S2/c1-7-5-3-4-6-8(7)12(9,11)10-2/h3-6H,1-2H3. The number of hydrogen-bond acceptors (Lipinski definition) is 3. The Hall–Kier alpha value is -0.450. The largest absolute Gasteiger partial charge is 0.290 e. The van der Waals surface area contributed by atoms with Gasteiger partial charge in [0.05, 0.1) is 12.0 Å². The zero-order valence-electron chi connectivity index (χ0n) is 6.94. The van der Waals surface area contributed by atoms with Crippen molar-refractivity contribution in [1.82, 2.24) is 0 Å². The predicted octanol–water partition coefficient (Wildman–Crippen LogP) is 1.66. The van der Waals surface area contributed by atoms with Crippen LogP contribution < -0.4 is 0 Å². The molecule has 4 heteroatoms. The highest BCUT2D eigenvalue weighted by Crippen LogP contribution is 2.15. The third-order valence-electron chi connectivity index (χ3n) is 1.58. The smallest absolute Gasteiger partial charge is 0.173 e. The Morgan fingerprint density at radius 3 is 2.50 bits per heavy atom. The molecule has 0 aliphatic heterocycles. The van der Waals surface area contributed by atoms with Gasteiger partial charge in [-0.05, 0) is 18.6 Å². The lowest BCUT2D eigenvalue weighted by molar-refractivity contribution is 0.443. The summed E-state index contributed by atoms with van der Waals surface area (Å²) in [7, 11) is -1.33. The molecule has 1 aromatic carbocycles. The first-order valence-corrected chi connectivity index (χ1v) is 5.85. The van der Waals surface area contributed by atoms with E-state index in [9.17, 15) is 4.21 Å². The van der Waals surface area contributed by atoms with E-state index in [4.69, 9.17) is 15.4 Å². The summed E-state index contributed by atoms with van der Waals surface area (Å²) in [6.07, 6.45) is 0. The molecule has 1 aromatic rings. The molecule has 12 heavy (non-hydrogen) atoms. The van der Waals surface area contributed by atoms with Crippen LogP contribution in [0.5, 0.6) is 0 Å². The van der Waals surface area contributed by atoms with E-state index in [0.29, 0.717) is 4.90 Å². The van der Waals surface area contributed by atoms with E-state index in [1.807, 2.05) is 19.1 Å². The highest BCUT2D eigenvalue weighted by Gasteiger charge is 2.09. The van der Waals surface area contributed by atoms with Gasteiger partial charge in [-0.25, -0.2) is 4.21 Å². The summed E-state index contributed by atoms with van der Waals surface area (Å²) in [6, 6.07) is 7.26. The van der Waals surface area contributed by atoms with Gasteiger partial charge in [0, 0.05) is 11.2 Å². The van der Waals surface area contributed by atoms with E-state index in [0.717, 1.165) is 5.56 Å². The minimum Gasteiger partial charge on any atom is -0.290 e. The number of hydrogen-bond donors (Lipinski definition) is 0. The van der Waals surface area contributed by atoms with Crippen molar-refractivity contribution in [1.29, 1.82) is 0 Å². The third kappa shape index (κ3) is 1.83. The van der Waals surface area contributed by atoms with Crippen LogP contribution in [-0.4, -0.2) is 11.3 Å². The summed E-state index contributed by atoms with van der Waals surface area (Å²) in [6.45, 7) is 1.86. The molecule has 0 aliphatic rings. The van der Waals surface area contributed by atoms with Crippen molar-refractivity contribution in [2.24, 2.45) is 0 Å². The molecule has 0 aliphatic carbocycles. The first-order valence-electron chi connectivity index (χ1n) is 3.44. The topological polar surface area (TPSA) is 26.3 Å². The van der Waals surface area contributed by atoms with Gasteiger partial charge in [-0.1, -0.05) is 18.2 Å². The number of rotatable bonds is 2. The zero-order valence-corrected chi connectivity index (χ0v) is 8.58. The predicted molar refractivity (Wildman–Crippen MR) is 52.0 cm³/mol. The molecule has 0 saturated carbocycles. The van der Waals surface area contributed by atoms with Crippen LogP contribution in [0.2, 0.25) is 0 Å². The SMILES string of the molecule is COS(=O)(=S)c1ccccc1C. The Labute approximate surface area is 77.4 Å². The maximum Gasteiger partial charge on any atom is 0.173 e. The molecule has 0 saturated heterocycles. The minimum absolute atomic E-state index is 0.600. The minimum atomic E-state index is -2.70. The van der Waals surface area contributed by atoms with E-state index in [1.54, 1.807) is 12.1 Å². The second kappa shape index (κ2) is 3.51. The van der Waals surface area contributed by atoms with Crippen molar-refractivity contribution in [2.75, 3.05) is 7.11 Å². The third-order valence-corrected chi connectivity index (χ3v) is 3.96. The van der Waals surface area contributed by atoms with Crippen molar-refractivity contribution in [3.8, 4) is 0 Å². The highest BCUT2D eigenvalue weighted by molar-refractivity contribution is 8.30. The Morgan fingerprint density at radius 1 is 1.42 bits per heavy atom. The molecular weight excluding hydrogens is 192 g/mol. The van der Waals surface area contributed by atoms with Gasteiger partial charge < -0.3 is 0 Å². The van der Waals surface area contributed by atoms with Crippen molar-refractivity contribution in [3.05, 3.63) is 29.8 Å². The average Bonchev–Trinajstić information content (AvgIpc) is 2.05. The Kier molecular flexibility index (Phi) is 2.82. The second-order valence-electron chi connectivity index (χ2n) is 2.39. The fourth-order valence-corrected chi connectivity index (χ4v) is 2.37. The molecule has 2 nitrogen and oxygen atoms in total. The van der Waals surface area contributed by atoms with Gasteiger partial charge in [0.2, 0.25) is 0 Å². The normalized spacial score (nSPS) is 15.5. The van der Waals surface area contributed by atoms with Crippen LogP contribution in [0.4, 0.5) is 0 Å². The molecular formula is C8H10O2S2. The molecule has 0 radical (unpaired) electrons.